The summed E-state index contributed by atoms with van der Waals surface area (Å²) in [4.78, 5) is 2.45. The maximum Gasteiger partial charge on any atom is 0.123 e. The molecule has 0 spiro atoms. The Hall–Kier alpha value is -0.890. The average molecular weight is 177 g/mol. The van der Waals surface area contributed by atoms with Gasteiger partial charge in [0.15, 0.2) is 0 Å². The van der Waals surface area contributed by atoms with Gasteiger partial charge in [-0.25, -0.2) is 4.39 Å². The average Bonchev–Trinajstić information content (AvgIpc) is 2.87. The highest BCUT2D eigenvalue weighted by Gasteiger charge is 2.32. The second-order valence-corrected chi connectivity index (χ2v) is 4.05. The van der Waals surface area contributed by atoms with Gasteiger partial charge in [0.1, 0.15) is 5.82 Å². The first-order valence-corrected chi connectivity index (χ1v) is 4.84. The van der Waals surface area contributed by atoms with Gasteiger partial charge in [0.05, 0.1) is 0 Å². The van der Waals surface area contributed by atoms with Crippen molar-refractivity contribution in [2.75, 3.05) is 0 Å². The lowest BCUT2D eigenvalue weighted by Crippen LogP contribution is -2.18. The van der Waals surface area contributed by atoms with Gasteiger partial charge >= 0.3 is 0 Å². The fourth-order valence-electron chi connectivity index (χ4n) is 2.09. The molecule has 2 aliphatic rings. The van der Waals surface area contributed by atoms with E-state index in [-0.39, 0.29) is 5.82 Å². The maximum absolute atomic E-state index is 12.9. The van der Waals surface area contributed by atoms with Crippen LogP contribution in [0.25, 0.3) is 0 Å². The zero-order valence-electron chi connectivity index (χ0n) is 7.46. The van der Waals surface area contributed by atoms with Gasteiger partial charge in [-0.1, -0.05) is 6.07 Å². The van der Waals surface area contributed by atoms with Crippen molar-refractivity contribution in [1.82, 2.24) is 4.90 Å². The molecule has 1 aromatic carbocycles. The van der Waals surface area contributed by atoms with Gasteiger partial charge in [-0.05, 0) is 36.1 Å². The first-order chi connectivity index (χ1) is 6.33. The lowest BCUT2D eigenvalue weighted by Gasteiger charge is -2.11. The number of nitrogens with zero attached hydrogens (tertiary/aromatic N) is 1. The van der Waals surface area contributed by atoms with E-state index < -0.39 is 0 Å². The zero-order valence-corrected chi connectivity index (χ0v) is 7.46. The van der Waals surface area contributed by atoms with Crippen molar-refractivity contribution in [3.05, 3.63) is 35.1 Å². The van der Waals surface area contributed by atoms with Gasteiger partial charge in [-0.3, -0.25) is 4.90 Å². The van der Waals surface area contributed by atoms with E-state index in [1.807, 2.05) is 6.07 Å². The largest absolute Gasteiger partial charge is 0.292 e. The predicted molar refractivity (Wildman–Crippen MR) is 48.7 cm³/mol. The molecule has 1 aromatic rings. The Morgan fingerprint density at radius 3 is 2.69 bits per heavy atom. The third kappa shape index (κ3) is 1.25. The highest BCUT2D eigenvalue weighted by atomic mass is 19.1. The van der Waals surface area contributed by atoms with Crippen molar-refractivity contribution >= 4 is 0 Å². The molecule has 1 heterocycles. The molecule has 0 amide bonds. The van der Waals surface area contributed by atoms with Crippen molar-refractivity contribution in [2.24, 2.45) is 0 Å². The number of rotatable bonds is 1. The van der Waals surface area contributed by atoms with E-state index in [1.165, 1.54) is 24.0 Å². The summed E-state index contributed by atoms with van der Waals surface area (Å²) >= 11 is 0. The standard InChI is InChI=1S/C11H12FN/c12-10-2-1-8-6-13(11-3-4-11)7-9(8)5-10/h1-2,5,11H,3-4,6-7H2. The molecule has 68 valence electrons. The number of benzene rings is 1. The van der Waals surface area contributed by atoms with Crippen molar-refractivity contribution in [1.29, 1.82) is 0 Å². The van der Waals surface area contributed by atoms with Crippen molar-refractivity contribution in [3.63, 3.8) is 0 Å². The molecule has 3 rings (SSSR count). The van der Waals surface area contributed by atoms with Crippen molar-refractivity contribution < 1.29 is 4.39 Å². The molecule has 13 heavy (non-hydrogen) atoms. The Bertz CT molecular complexity index is 344. The van der Waals surface area contributed by atoms with Crippen LogP contribution >= 0.6 is 0 Å². The normalized spacial score (nSPS) is 21.9. The van der Waals surface area contributed by atoms with Crippen LogP contribution < -0.4 is 0 Å². The molecule has 1 aliphatic carbocycles. The minimum atomic E-state index is -0.101. The molecule has 0 aromatic heterocycles. The second kappa shape index (κ2) is 2.55. The summed E-state index contributed by atoms with van der Waals surface area (Å²) in [5, 5.41) is 0. The van der Waals surface area contributed by atoms with E-state index in [2.05, 4.69) is 4.90 Å². The van der Waals surface area contributed by atoms with E-state index >= 15 is 0 Å². The molecule has 1 saturated carbocycles. The van der Waals surface area contributed by atoms with E-state index in [0.717, 1.165) is 19.1 Å². The van der Waals surface area contributed by atoms with Gasteiger partial charge in [-0.2, -0.15) is 0 Å². The molecule has 2 heteroatoms. The molecule has 0 saturated heterocycles. The molecule has 0 bridgehead atoms. The Labute approximate surface area is 77.2 Å². The Kier molecular flexibility index (Phi) is 1.47. The van der Waals surface area contributed by atoms with Crippen LogP contribution in [0.5, 0.6) is 0 Å². The van der Waals surface area contributed by atoms with Crippen LogP contribution in [0.3, 0.4) is 0 Å². The molecule has 1 nitrogen and oxygen atoms in total. The second-order valence-electron chi connectivity index (χ2n) is 4.05. The van der Waals surface area contributed by atoms with Crippen LogP contribution in [-0.4, -0.2) is 10.9 Å². The van der Waals surface area contributed by atoms with Crippen LogP contribution in [0.2, 0.25) is 0 Å². The molecular formula is C11H12FN. The summed E-state index contributed by atoms with van der Waals surface area (Å²) in [6.45, 7) is 1.98. The third-order valence-corrected chi connectivity index (χ3v) is 2.98. The van der Waals surface area contributed by atoms with Gasteiger partial charge in [0.2, 0.25) is 0 Å². The van der Waals surface area contributed by atoms with Crippen LogP contribution in [0.4, 0.5) is 4.39 Å². The molecular weight excluding hydrogens is 165 g/mol. The minimum Gasteiger partial charge on any atom is -0.292 e. The Balaban J connectivity index is 1.90. The number of fused-ring (bicyclic) bond motifs is 1. The van der Waals surface area contributed by atoms with Crippen molar-refractivity contribution in [3.8, 4) is 0 Å². The van der Waals surface area contributed by atoms with E-state index in [9.17, 15) is 4.39 Å². The van der Waals surface area contributed by atoms with E-state index in [4.69, 9.17) is 0 Å². The van der Waals surface area contributed by atoms with Crippen LogP contribution in [0, 0.1) is 5.82 Å². The fraction of sp³-hybridized carbons (Fsp3) is 0.455. The maximum atomic E-state index is 12.9. The quantitative estimate of drug-likeness (QED) is 0.636. The summed E-state index contributed by atoms with van der Waals surface area (Å²) in [5.41, 5.74) is 2.50. The van der Waals surface area contributed by atoms with Crippen LogP contribution in [0.1, 0.15) is 24.0 Å². The summed E-state index contributed by atoms with van der Waals surface area (Å²) in [6, 6.07) is 5.95. The summed E-state index contributed by atoms with van der Waals surface area (Å²) in [5.74, 6) is -0.101. The highest BCUT2D eigenvalue weighted by Crippen LogP contribution is 2.34. The van der Waals surface area contributed by atoms with Crippen LogP contribution in [0.15, 0.2) is 18.2 Å². The summed E-state index contributed by atoms with van der Waals surface area (Å²) in [7, 11) is 0. The minimum absolute atomic E-state index is 0.101. The topological polar surface area (TPSA) is 3.24 Å². The molecule has 0 N–H and O–H groups in total. The van der Waals surface area contributed by atoms with Crippen LogP contribution in [-0.2, 0) is 13.1 Å². The Morgan fingerprint density at radius 2 is 1.92 bits per heavy atom. The van der Waals surface area contributed by atoms with E-state index in [0.29, 0.717) is 0 Å². The van der Waals surface area contributed by atoms with Crippen molar-refractivity contribution in [2.45, 2.75) is 32.0 Å². The lowest BCUT2D eigenvalue weighted by molar-refractivity contribution is 0.273. The van der Waals surface area contributed by atoms with Gasteiger partial charge in [0, 0.05) is 19.1 Å². The molecule has 1 fully saturated rings. The predicted octanol–water partition coefficient (Wildman–Crippen LogP) is 2.30. The fourth-order valence-corrected chi connectivity index (χ4v) is 2.09. The first kappa shape index (κ1) is 7.51. The lowest BCUT2D eigenvalue weighted by atomic mass is 10.1. The smallest absolute Gasteiger partial charge is 0.123 e. The zero-order chi connectivity index (χ0) is 8.84. The number of hydrogen-bond acceptors (Lipinski definition) is 1. The molecule has 1 aliphatic heterocycles. The number of halogens is 1. The number of hydrogen-bond donors (Lipinski definition) is 0. The first-order valence-electron chi connectivity index (χ1n) is 4.84. The SMILES string of the molecule is Fc1ccc2c(c1)CN(C1CC1)C2. The molecule has 0 unspecified atom stereocenters. The summed E-state index contributed by atoms with van der Waals surface area (Å²) in [6.07, 6.45) is 2.66. The monoisotopic (exact) mass is 177 g/mol. The van der Waals surface area contributed by atoms with Gasteiger partial charge < -0.3 is 0 Å². The van der Waals surface area contributed by atoms with Gasteiger partial charge in [0.25, 0.3) is 0 Å². The van der Waals surface area contributed by atoms with Gasteiger partial charge in [-0.15, -0.1) is 0 Å². The Morgan fingerprint density at radius 1 is 1.15 bits per heavy atom. The third-order valence-electron chi connectivity index (χ3n) is 2.98. The highest BCUT2D eigenvalue weighted by molar-refractivity contribution is 5.31. The molecule has 0 atom stereocenters. The molecule has 0 radical (unpaired) electrons. The van der Waals surface area contributed by atoms with E-state index in [1.54, 1.807) is 12.1 Å². The summed E-state index contributed by atoms with van der Waals surface area (Å²) < 4.78 is 12.9.